The number of anilines is 1. The number of hydrogen-bond donors (Lipinski definition) is 3. The smallest absolute Gasteiger partial charge is 0.352 e. The number of aromatic nitrogens is 1. The maximum Gasteiger partial charge on any atom is 0.352 e. The normalized spacial score (nSPS) is 23.2. The number of carboxylic acid groups (broad SMARTS) is 1. The summed E-state index contributed by atoms with van der Waals surface area (Å²) >= 11 is 2.34. The van der Waals surface area contributed by atoms with E-state index in [1.165, 1.54) is 44.4 Å². The van der Waals surface area contributed by atoms with E-state index in [1.807, 2.05) is 0 Å². The molecule has 2 amide bonds. The number of carbonyl (C=O) groups excluding carboxylic acids is 3. The third kappa shape index (κ3) is 4.23. The standard InChI is InChI=1S/C20H19N5O8S2/c1-7-14(31-2)10(33-19(7)30)4-8-5-34-17-12(16(27)25(17)13(8)18(28)29)23-15(26)11(24-32-3)9-6-35-20(21)22-9/h4,6,12,17H,5H2,1-3H3,(H2,21,22)(H,23,26)(H,28,29)/b10-4-,24-11-/t12-,17+/m1/s1. The molecule has 184 valence electrons. The zero-order valence-electron chi connectivity index (χ0n) is 18.6. The van der Waals surface area contributed by atoms with Gasteiger partial charge in [0.2, 0.25) is 0 Å². The maximum absolute atomic E-state index is 12.9. The van der Waals surface area contributed by atoms with Gasteiger partial charge in [0.05, 0.1) is 12.7 Å². The van der Waals surface area contributed by atoms with Crippen LogP contribution in [0.4, 0.5) is 5.13 Å². The van der Waals surface area contributed by atoms with Gasteiger partial charge >= 0.3 is 11.9 Å². The Morgan fingerprint density at radius 2 is 2.14 bits per heavy atom. The Morgan fingerprint density at radius 1 is 1.40 bits per heavy atom. The second kappa shape index (κ2) is 9.42. The van der Waals surface area contributed by atoms with Crippen LogP contribution in [-0.4, -0.2) is 75.8 Å². The Bertz CT molecular complexity index is 1260. The fourth-order valence-electron chi connectivity index (χ4n) is 3.66. The molecule has 1 saturated heterocycles. The molecule has 0 spiro atoms. The molecule has 1 fully saturated rings. The van der Waals surface area contributed by atoms with Gasteiger partial charge in [-0.05, 0) is 18.6 Å². The number of allylic oxidation sites excluding steroid dienone is 1. The number of fused-ring (bicyclic) bond motifs is 1. The van der Waals surface area contributed by atoms with Crippen molar-refractivity contribution in [2.45, 2.75) is 18.3 Å². The second-order valence-electron chi connectivity index (χ2n) is 7.29. The Labute approximate surface area is 206 Å². The molecular formula is C20H19N5O8S2. The molecule has 35 heavy (non-hydrogen) atoms. The van der Waals surface area contributed by atoms with E-state index in [-0.39, 0.29) is 50.7 Å². The zero-order valence-corrected chi connectivity index (χ0v) is 20.2. The number of carboxylic acids is 1. The van der Waals surface area contributed by atoms with Crippen molar-refractivity contribution in [3.8, 4) is 0 Å². The van der Waals surface area contributed by atoms with Crippen molar-refractivity contribution in [1.29, 1.82) is 0 Å². The van der Waals surface area contributed by atoms with Gasteiger partial charge in [-0.2, -0.15) is 0 Å². The first kappa shape index (κ1) is 24.3. The Morgan fingerprint density at radius 3 is 2.74 bits per heavy atom. The summed E-state index contributed by atoms with van der Waals surface area (Å²) in [5.41, 5.74) is 5.85. The van der Waals surface area contributed by atoms with Gasteiger partial charge < -0.3 is 30.5 Å². The first-order chi connectivity index (χ1) is 16.7. The minimum absolute atomic E-state index is 0.0589. The Hall–Kier alpha value is -3.85. The molecule has 15 heteroatoms. The number of nitrogens with zero attached hydrogens (tertiary/aromatic N) is 3. The highest BCUT2D eigenvalue weighted by Crippen LogP contribution is 2.41. The summed E-state index contributed by atoms with van der Waals surface area (Å²) in [6, 6.07) is -1.00. The number of thioether (sulfide) groups is 1. The number of methoxy groups -OCH3 is 1. The number of carbonyl (C=O) groups is 4. The number of nitrogen functional groups attached to an aromatic ring is 1. The van der Waals surface area contributed by atoms with Crippen LogP contribution in [0.15, 0.2) is 45.0 Å². The van der Waals surface area contributed by atoms with Crippen LogP contribution in [0.3, 0.4) is 0 Å². The van der Waals surface area contributed by atoms with E-state index in [1.54, 1.807) is 0 Å². The van der Waals surface area contributed by atoms with Crippen molar-refractivity contribution in [2.24, 2.45) is 5.16 Å². The Kier molecular flexibility index (Phi) is 6.53. The van der Waals surface area contributed by atoms with E-state index in [0.29, 0.717) is 0 Å². The van der Waals surface area contributed by atoms with E-state index in [4.69, 9.17) is 20.0 Å². The van der Waals surface area contributed by atoms with Crippen molar-refractivity contribution in [1.82, 2.24) is 15.2 Å². The molecule has 0 saturated carbocycles. The van der Waals surface area contributed by atoms with E-state index in [2.05, 4.69) is 15.5 Å². The average molecular weight is 522 g/mol. The summed E-state index contributed by atoms with van der Waals surface area (Å²) in [6.45, 7) is 1.52. The van der Waals surface area contributed by atoms with Crippen LogP contribution in [0.5, 0.6) is 0 Å². The molecule has 0 radical (unpaired) electrons. The lowest BCUT2D eigenvalue weighted by Crippen LogP contribution is -2.71. The number of esters is 1. The minimum Gasteiger partial charge on any atom is -0.492 e. The lowest BCUT2D eigenvalue weighted by molar-refractivity contribution is -0.150. The average Bonchev–Trinajstić information content (AvgIpc) is 3.37. The van der Waals surface area contributed by atoms with E-state index in [0.717, 1.165) is 16.2 Å². The highest BCUT2D eigenvalue weighted by Gasteiger charge is 2.54. The predicted molar refractivity (Wildman–Crippen MR) is 124 cm³/mol. The summed E-state index contributed by atoms with van der Waals surface area (Å²) in [4.78, 5) is 59.5. The molecule has 0 unspecified atom stereocenters. The van der Waals surface area contributed by atoms with Gasteiger partial charge in [0.15, 0.2) is 22.4 Å². The second-order valence-corrected chi connectivity index (χ2v) is 9.28. The van der Waals surface area contributed by atoms with Crippen LogP contribution in [0.1, 0.15) is 12.6 Å². The number of nitrogens with one attached hydrogen (secondary N) is 1. The number of thiazole rings is 1. The van der Waals surface area contributed by atoms with Crippen LogP contribution in [0, 0.1) is 0 Å². The van der Waals surface area contributed by atoms with E-state index in [9.17, 15) is 24.3 Å². The lowest BCUT2D eigenvalue weighted by atomic mass is 10.0. The zero-order chi connectivity index (χ0) is 25.4. The topological polar surface area (TPSA) is 183 Å². The molecule has 4 heterocycles. The summed E-state index contributed by atoms with van der Waals surface area (Å²) in [5.74, 6) is -2.89. The number of nitrogens with two attached hydrogens (primary N) is 1. The molecule has 1 aromatic heterocycles. The van der Waals surface area contributed by atoms with Crippen LogP contribution < -0.4 is 11.1 Å². The molecule has 2 atom stereocenters. The predicted octanol–water partition coefficient (Wildman–Crippen LogP) is 0.176. The van der Waals surface area contributed by atoms with Gasteiger partial charge in [0.25, 0.3) is 11.8 Å². The largest absolute Gasteiger partial charge is 0.492 e. The SMILES string of the molecule is CO/N=C(\C(=O)N[C@@H]1C(=O)N2C(C(=O)O)=C(/C=C3\OC(=O)C(C)=C3OC)CS[C@@H]12)c1csc(N)n1. The number of amides is 2. The van der Waals surface area contributed by atoms with Gasteiger partial charge in [-0.15, -0.1) is 23.1 Å². The van der Waals surface area contributed by atoms with Crippen molar-refractivity contribution < 1.29 is 38.6 Å². The highest BCUT2D eigenvalue weighted by molar-refractivity contribution is 8.00. The van der Waals surface area contributed by atoms with Gasteiger partial charge in [-0.1, -0.05) is 5.16 Å². The van der Waals surface area contributed by atoms with Gasteiger partial charge in [0.1, 0.15) is 29.9 Å². The van der Waals surface area contributed by atoms with Gasteiger partial charge in [-0.3, -0.25) is 14.5 Å². The lowest BCUT2D eigenvalue weighted by Gasteiger charge is -2.49. The van der Waals surface area contributed by atoms with Crippen LogP contribution >= 0.6 is 23.1 Å². The van der Waals surface area contributed by atoms with Crippen molar-refractivity contribution in [2.75, 3.05) is 25.7 Å². The molecule has 3 aliphatic heterocycles. The highest BCUT2D eigenvalue weighted by atomic mass is 32.2. The number of oxime groups is 1. The summed E-state index contributed by atoms with van der Waals surface area (Å²) < 4.78 is 10.4. The summed E-state index contributed by atoms with van der Waals surface area (Å²) in [7, 11) is 2.61. The summed E-state index contributed by atoms with van der Waals surface area (Å²) in [6.07, 6.45) is 1.37. The molecule has 3 aliphatic rings. The number of rotatable bonds is 7. The van der Waals surface area contributed by atoms with Crippen molar-refractivity contribution in [3.63, 3.8) is 0 Å². The molecule has 4 rings (SSSR count). The fourth-order valence-corrected chi connectivity index (χ4v) is 5.52. The van der Waals surface area contributed by atoms with Gasteiger partial charge in [-0.25, -0.2) is 14.6 Å². The number of aliphatic carboxylic acids is 1. The fraction of sp³-hybridized carbons (Fsp3) is 0.300. The Balaban J connectivity index is 1.58. The molecule has 0 bridgehead atoms. The van der Waals surface area contributed by atoms with E-state index < -0.39 is 35.2 Å². The van der Waals surface area contributed by atoms with E-state index >= 15 is 0 Å². The molecule has 1 aromatic rings. The first-order valence-corrected chi connectivity index (χ1v) is 11.8. The number of ether oxygens (including phenoxy) is 2. The third-order valence-corrected chi connectivity index (χ3v) is 7.21. The quantitative estimate of drug-likeness (QED) is 0.192. The van der Waals surface area contributed by atoms with Crippen LogP contribution in [-0.2, 0) is 33.5 Å². The maximum atomic E-state index is 12.9. The third-order valence-electron chi connectivity index (χ3n) is 5.23. The van der Waals surface area contributed by atoms with Crippen LogP contribution in [0.25, 0.3) is 0 Å². The van der Waals surface area contributed by atoms with Crippen LogP contribution in [0.2, 0.25) is 0 Å². The number of cyclic esters (lactones) is 1. The number of hydrogen-bond acceptors (Lipinski definition) is 12. The molecule has 0 aromatic carbocycles. The van der Waals surface area contributed by atoms with Gasteiger partial charge in [0, 0.05) is 11.1 Å². The van der Waals surface area contributed by atoms with Crippen molar-refractivity contribution in [3.05, 3.63) is 45.5 Å². The first-order valence-electron chi connectivity index (χ1n) is 9.91. The molecule has 0 aliphatic carbocycles. The van der Waals surface area contributed by atoms with Crippen molar-refractivity contribution >= 4 is 57.7 Å². The number of β-lactam (4-membered cyclic amide) rings is 1. The monoisotopic (exact) mass is 521 g/mol. The molecular weight excluding hydrogens is 502 g/mol. The summed E-state index contributed by atoms with van der Waals surface area (Å²) in [5, 5.41) is 17.2. The minimum atomic E-state index is -1.34. The molecule has 13 nitrogen and oxygen atoms in total. The molecule has 4 N–H and O–H groups in total.